The molecule has 1 aromatic heterocycles. The lowest BCUT2D eigenvalue weighted by molar-refractivity contribution is 0.0932. The third-order valence-corrected chi connectivity index (χ3v) is 3.06. The summed E-state index contributed by atoms with van der Waals surface area (Å²) in [4.78, 5) is 25.3. The summed E-state index contributed by atoms with van der Waals surface area (Å²) in [6.45, 7) is 9.09. The molecule has 4 nitrogen and oxygen atoms in total. The largest absolute Gasteiger partial charge is 0.350 e. The van der Waals surface area contributed by atoms with Gasteiger partial charge in [-0.05, 0) is 17.4 Å². The van der Waals surface area contributed by atoms with Gasteiger partial charge < -0.3 is 10.3 Å². The Hall–Kier alpha value is -1.58. The first-order chi connectivity index (χ1) is 7.80. The van der Waals surface area contributed by atoms with E-state index < -0.39 is 0 Å². The Morgan fingerprint density at radius 1 is 1.41 bits per heavy atom. The lowest BCUT2D eigenvalue weighted by Gasteiger charge is -2.27. The molecule has 2 N–H and O–H groups in total. The molecule has 17 heavy (non-hydrogen) atoms. The number of carbonyl (C=O) groups excluding carboxylic acids is 1. The SMILES string of the molecule is CC(CNC(=O)c1cccc(=O)[nH]1)C(C)(C)C. The second-order valence-corrected chi connectivity index (χ2v) is 5.41. The molecule has 0 aliphatic heterocycles. The van der Waals surface area contributed by atoms with Gasteiger partial charge in [0, 0.05) is 12.6 Å². The highest BCUT2D eigenvalue weighted by Crippen LogP contribution is 2.24. The first kappa shape index (κ1) is 13.5. The second kappa shape index (κ2) is 5.17. The summed E-state index contributed by atoms with van der Waals surface area (Å²) >= 11 is 0. The van der Waals surface area contributed by atoms with E-state index in [0.717, 1.165) is 0 Å². The Kier molecular flexibility index (Phi) is 4.10. The Balaban J connectivity index is 2.60. The van der Waals surface area contributed by atoms with Crippen molar-refractivity contribution in [2.45, 2.75) is 27.7 Å². The molecule has 1 amide bonds. The molecule has 1 unspecified atom stereocenters. The van der Waals surface area contributed by atoms with E-state index in [-0.39, 0.29) is 16.9 Å². The first-order valence-corrected chi connectivity index (χ1v) is 5.78. The van der Waals surface area contributed by atoms with E-state index in [1.165, 1.54) is 6.07 Å². The van der Waals surface area contributed by atoms with Gasteiger partial charge in [-0.25, -0.2) is 0 Å². The standard InChI is InChI=1S/C13H20N2O2/c1-9(13(2,3)4)8-14-12(17)10-6-5-7-11(16)15-10/h5-7,9H,8H2,1-4H3,(H,14,17)(H,15,16). The average Bonchev–Trinajstić information content (AvgIpc) is 2.24. The summed E-state index contributed by atoms with van der Waals surface area (Å²) in [6.07, 6.45) is 0. The summed E-state index contributed by atoms with van der Waals surface area (Å²) in [5.41, 5.74) is 0.192. The minimum Gasteiger partial charge on any atom is -0.350 e. The molecule has 4 heteroatoms. The van der Waals surface area contributed by atoms with E-state index in [4.69, 9.17) is 0 Å². The lowest BCUT2D eigenvalue weighted by Crippen LogP contribution is -2.34. The molecule has 1 aromatic rings. The molecule has 1 heterocycles. The van der Waals surface area contributed by atoms with Crippen molar-refractivity contribution in [3.63, 3.8) is 0 Å². The lowest BCUT2D eigenvalue weighted by atomic mass is 9.82. The Morgan fingerprint density at radius 3 is 2.59 bits per heavy atom. The van der Waals surface area contributed by atoms with Gasteiger partial charge in [-0.3, -0.25) is 9.59 Å². The number of aromatic nitrogens is 1. The number of nitrogens with one attached hydrogen (secondary N) is 2. The second-order valence-electron chi connectivity index (χ2n) is 5.41. The highest BCUT2D eigenvalue weighted by Gasteiger charge is 2.20. The van der Waals surface area contributed by atoms with Crippen LogP contribution in [0.2, 0.25) is 0 Å². The van der Waals surface area contributed by atoms with Crippen molar-refractivity contribution in [1.82, 2.24) is 10.3 Å². The van der Waals surface area contributed by atoms with Crippen molar-refractivity contribution >= 4 is 5.91 Å². The van der Waals surface area contributed by atoms with Crippen LogP contribution in [0.15, 0.2) is 23.0 Å². The topological polar surface area (TPSA) is 62.0 Å². The maximum atomic E-state index is 11.7. The van der Waals surface area contributed by atoms with Gasteiger partial charge in [0.15, 0.2) is 0 Å². The van der Waals surface area contributed by atoms with Crippen LogP contribution in [0.1, 0.15) is 38.2 Å². The number of amides is 1. The van der Waals surface area contributed by atoms with E-state index in [2.05, 4.69) is 38.0 Å². The molecule has 0 saturated carbocycles. The highest BCUT2D eigenvalue weighted by atomic mass is 16.2. The number of hydrogen-bond acceptors (Lipinski definition) is 2. The molecule has 0 fully saturated rings. The van der Waals surface area contributed by atoms with Crippen LogP contribution in [0.5, 0.6) is 0 Å². The molecule has 0 aliphatic carbocycles. The zero-order valence-corrected chi connectivity index (χ0v) is 10.8. The van der Waals surface area contributed by atoms with Gasteiger partial charge >= 0.3 is 0 Å². The van der Waals surface area contributed by atoms with E-state index in [9.17, 15) is 9.59 Å². The molecule has 0 aromatic carbocycles. The molecule has 94 valence electrons. The first-order valence-electron chi connectivity index (χ1n) is 5.78. The number of aromatic amines is 1. The van der Waals surface area contributed by atoms with Gasteiger partial charge in [-0.15, -0.1) is 0 Å². The van der Waals surface area contributed by atoms with Crippen LogP contribution in [0.4, 0.5) is 0 Å². The fourth-order valence-corrected chi connectivity index (χ4v) is 1.23. The molecule has 0 saturated heterocycles. The molecular formula is C13H20N2O2. The van der Waals surface area contributed by atoms with Crippen molar-refractivity contribution in [2.24, 2.45) is 11.3 Å². The molecule has 1 rings (SSSR count). The van der Waals surface area contributed by atoms with Crippen LogP contribution in [-0.2, 0) is 0 Å². The Bertz CT molecular complexity index is 443. The van der Waals surface area contributed by atoms with Crippen LogP contribution in [0.3, 0.4) is 0 Å². The van der Waals surface area contributed by atoms with Crippen LogP contribution in [-0.4, -0.2) is 17.4 Å². The quantitative estimate of drug-likeness (QED) is 0.840. The molecule has 0 bridgehead atoms. The molecule has 1 atom stereocenters. The normalized spacial score (nSPS) is 13.2. The van der Waals surface area contributed by atoms with Gasteiger partial charge in [0.2, 0.25) is 5.56 Å². The fraction of sp³-hybridized carbons (Fsp3) is 0.538. The number of carbonyl (C=O) groups is 1. The number of H-pyrrole nitrogens is 1. The predicted molar refractivity (Wildman–Crippen MR) is 68.0 cm³/mol. The molecule has 0 radical (unpaired) electrons. The molecule has 0 aliphatic rings. The van der Waals surface area contributed by atoms with E-state index in [1.807, 2.05) is 0 Å². The maximum Gasteiger partial charge on any atom is 0.267 e. The van der Waals surface area contributed by atoms with E-state index in [0.29, 0.717) is 18.2 Å². The van der Waals surface area contributed by atoms with Crippen molar-refractivity contribution < 1.29 is 4.79 Å². The zero-order valence-electron chi connectivity index (χ0n) is 10.8. The monoisotopic (exact) mass is 236 g/mol. The Morgan fingerprint density at radius 2 is 2.06 bits per heavy atom. The Labute approximate surface area is 101 Å². The number of pyridine rings is 1. The molecule has 0 spiro atoms. The summed E-state index contributed by atoms with van der Waals surface area (Å²) in [5, 5.41) is 2.82. The predicted octanol–water partition coefficient (Wildman–Crippen LogP) is 1.79. The van der Waals surface area contributed by atoms with Gasteiger partial charge in [0.25, 0.3) is 5.91 Å². The highest BCUT2D eigenvalue weighted by molar-refractivity contribution is 5.92. The van der Waals surface area contributed by atoms with Gasteiger partial charge in [-0.2, -0.15) is 0 Å². The molecular weight excluding hydrogens is 216 g/mol. The smallest absolute Gasteiger partial charge is 0.267 e. The third-order valence-electron chi connectivity index (χ3n) is 3.06. The van der Waals surface area contributed by atoms with Crippen molar-refractivity contribution in [1.29, 1.82) is 0 Å². The summed E-state index contributed by atoms with van der Waals surface area (Å²) in [5.74, 6) is 0.126. The zero-order chi connectivity index (χ0) is 13.1. The van der Waals surface area contributed by atoms with Crippen molar-refractivity contribution in [3.05, 3.63) is 34.2 Å². The fourth-order valence-electron chi connectivity index (χ4n) is 1.23. The summed E-state index contributed by atoms with van der Waals surface area (Å²) in [7, 11) is 0. The number of hydrogen-bond donors (Lipinski definition) is 2. The summed E-state index contributed by atoms with van der Waals surface area (Å²) < 4.78 is 0. The minimum atomic E-state index is -0.262. The maximum absolute atomic E-state index is 11.7. The van der Waals surface area contributed by atoms with Gasteiger partial charge in [0.1, 0.15) is 5.69 Å². The minimum absolute atomic E-state index is 0.150. The van der Waals surface area contributed by atoms with Crippen LogP contribution in [0, 0.1) is 11.3 Å². The van der Waals surface area contributed by atoms with E-state index in [1.54, 1.807) is 12.1 Å². The van der Waals surface area contributed by atoms with Crippen molar-refractivity contribution in [3.8, 4) is 0 Å². The summed E-state index contributed by atoms with van der Waals surface area (Å²) in [6, 6.07) is 4.55. The van der Waals surface area contributed by atoms with Gasteiger partial charge in [-0.1, -0.05) is 33.8 Å². The van der Waals surface area contributed by atoms with Crippen LogP contribution < -0.4 is 10.9 Å². The number of rotatable bonds is 3. The van der Waals surface area contributed by atoms with Gasteiger partial charge in [0.05, 0.1) is 0 Å². The average molecular weight is 236 g/mol. The van der Waals surface area contributed by atoms with Crippen molar-refractivity contribution in [2.75, 3.05) is 6.54 Å². The third kappa shape index (κ3) is 4.06. The van der Waals surface area contributed by atoms with E-state index >= 15 is 0 Å². The van der Waals surface area contributed by atoms with Crippen LogP contribution >= 0.6 is 0 Å². The van der Waals surface area contributed by atoms with Crippen LogP contribution in [0.25, 0.3) is 0 Å².